The SMILES string of the molecule is O=C(OCc1ccccc1)c1cc(NC(=O)C(CNC(=O)c2cc3cc[nH]c3cc2C(=O)NCC2CN3CCC2CC3)c2ccccc2)cc(C(=O)OCc2ccccc2)c1. The van der Waals surface area contributed by atoms with Gasteiger partial charge in [-0.1, -0.05) is 91.0 Å². The van der Waals surface area contributed by atoms with E-state index in [1.807, 2.05) is 72.8 Å². The molecule has 2 unspecified atom stereocenters. The maximum absolute atomic E-state index is 14.3. The average molecular weight is 818 g/mol. The monoisotopic (exact) mass is 817 g/mol. The number of fused-ring (bicyclic) bond motifs is 4. The molecule has 5 aromatic carbocycles. The third-order valence-corrected chi connectivity index (χ3v) is 11.6. The fraction of sp³-hybridized carbons (Fsp3) is 0.245. The smallest absolute Gasteiger partial charge is 0.338 e. The standard InChI is InChI=1S/C49H47N5O7/c55-45(41-25-36-16-19-50-44(36)26-42(41)46(56)51-27-39-29-54-20-17-34(39)18-21-54)52-28-43(35-14-8-3-9-15-35)47(57)53-40-23-37(48(58)60-30-32-10-4-1-5-11-32)22-38(24-40)49(59)61-31-33-12-6-2-7-13-33/h1-16,19,22-26,34,39,43,50H,17-18,20-21,27-31H2,(H,51,56)(H,52,55)(H,53,57). The van der Waals surface area contributed by atoms with Gasteiger partial charge in [0.05, 0.1) is 28.2 Å². The van der Waals surface area contributed by atoms with Crippen molar-refractivity contribution in [2.75, 3.05) is 38.0 Å². The summed E-state index contributed by atoms with van der Waals surface area (Å²) in [5, 5.41) is 9.67. The number of hydrogen-bond donors (Lipinski definition) is 4. The summed E-state index contributed by atoms with van der Waals surface area (Å²) in [4.78, 5) is 74.5. The zero-order chi connectivity index (χ0) is 42.1. The summed E-state index contributed by atoms with van der Waals surface area (Å²) in [7, 11) is 0. The number of hydrogen-bond acceptors (Lipinski definition) is 8. The van der Waals surface area contributed by atoms with Crippen LogP contribution in [0.2, 0.25) is 0 Å². The van der Waals surface area contributed by atoms with Crippen LogP contribution < -0.4 is 16.0 Å². The number of esters is 2. The van der Waals surface area contributed by atoms with E-state index < -0.39 is 29.7 Å². The minimum absolute atomic E-state index is 0.0000559. The number of amides is 3. The van der Waals surface area contributed by atoms with Crippen molar-refractivity contribution in [3.8, 4) is 0 Å². The summed E-state index contributed by atoms with van der Waals surface area (Å²) < 4.78 is 11.2. The first kappa shape index (κ1) is 40.7. The van der Waals surface area contributed by atoms with Gasteiger partial charge in [0.1, 0.15) is 13.2 Å². The molecule has 0 saturated carbocycles. The Morgan fingerprint density at radius 2 is 1.25 bits per heavy atom. The Labute approximate surface area is 353 Å². The van der Waals surface area contributed by atoms with E-state index in [9.17, 15) is 24.0 Å². The number of H-pyrrole nitrogens is 1. The van der Waals surface area contributed by atoms with Crippen molar-refractivity contribution in [3.05, 3.63) is 173 Å². The molecule has 2 bridgehead atoms. The van der Waals surface area contributed by atoms with Gasteiger partial charge in [0.25, 0.3) is 11.8 Å². The normalized spacial score (nSPS) is 17.2. The first-order valence-electron chi connectivity index (χ1n) is 20.6. The summed E-state index contributed by atoms with van der Waals surface area (Å²) in [6.45, 7) is 3.56. The van der Waals surface area contributed by atoms with Crippen LogP contribution in [0.25, 0.3) is 10.9 Å². The third-order valence-electron chi connectivity index (χ3n) is 11.6. The van der Waals surface area contributed by atoms with Crippen LogP contribution in [0.1, 0.15) is 76.9 Å². The zero-order valence-corrected chi connectivity index (χ0v) is 33.6. The summed E-state index contributed by atoms with van der Waals surface area (Å²) in [6.07, 6.45) is 4.02. The minimum Gasteiger partial charge on any atom is -0.457 e. The lowest BCUT2D eigenvalue weighted by Crippen LogP contribution is -2.50. The maximum Gasteiger partial charge on any atom is 0.338 e. The van der Waals surface area contributed by atoms with Gasteiger partial charge in [-0.2, -0.15) is 0 Å². The molecule has 61 heavy (non-hydrogen) atoms. The lowest BCUT2D eigenvalue weighted by atomic mass is 9.79. The van der Waals surface area contributed by atoms with Gasteiger partial charge in [-0.15, -0.1) is 0 Å². The Kier molecular flexibility index (Phi) is 12.6. The summed E-state index contributed by atoms with van der Waals surface area (Å²) in [5.74, 6) is -2.75. The Bertz CT molecular complexity index is 2440. The predicted octanol–water partition coefficient (Wildman–Crippen LogP) is 7.11. The summed E-state index contributed by atoms with van der Waals surface area (Å²) in [6, 6.07) is 36.8. The number of benzene rings is 5. The van der Waals surface area contributed by atoms with Gasteiger partial charge in [0.15, 0.2) is 0 Å². The van der Waals surface area contributed by atoms with Gasteiger partial charge in [0, 0.05) is 42.4 Å². The van der Waals surface area contributed by atoms with E-state index in [0.717, 1.165) is 54.5 Å². The number of aromatic amines is 1. The zero-order valence-electron chi connectivity index (χ0n) is 33.6. The number of nitrogens with zero attached hydrogens (tertiary/aromatic N) is 1. The highest BCUT2D eigenvalue weighted by Crippen LogP contribution is 2.32. The Morgan fingerprint density at radius 3 is 1.84 bits per heavy atom. The molecular weight excluding hydrogens is 771 g/mol. The molecule has 0 spiro atoms. The van der Waals surface area contributed by atoms with E-state index in [2.05, 4.69) is 25.8 Å². The van der Waals surface area contributed by atoms with E-state index in [0.29, 0.717) is 23.9 Å². The molecule has 3 aliphatic heterocycles. The molecule has 9 rings (SSSR count). The molecule has 12 nitrogen and oxygen atoms in total. The summed E-state index contributed by atoms with van der Waals surface area (Å²) >= 11 is 0. The molecule has 3 fully saturated rings. The fourth-order valence-corrected chi connectivity index (χ4v) is 8.23. The van der Waals surface area contributed by atoms with Gasteiger partial charge in [-0.25, -0.2) is 9.59 Å². The first-order valence-corrected chi connectivity index (χ1v) is 20.6. The number of aromatic nitrogens is 1. The van der Waals surface area contributed by atoms with Gasteiger partial charge in [-0.3, -0.25) is 14.4 Å². The van der Waals surface area contributed by atoms with E-state index in [4.69, 9.17) is 9.47 Å². The van der Waals surface area contributed by atoms with Crippen molar-refractivity contribution >= 4 is 46.3 Å². The lowest BCUT2D eigenvalue weighted by Gasteiger charge is -2.44. The number of anilines is 1. The molecular formula is C49H47N5O7. The van der Waals surface area contributed by atoms with Crippen LogP contribution >= 0.6 is 0 Å². The quantitative estimate of drug-likeness (QED) is 0.0799. The number of piperidine rings is 3. The number of nitrogens with one attached hydrogen (secondary N) is 4. The van der Waals surface area contributed by atoms with Crippen LogP contribution in [0.4, 0.5) is 5.69 Å². The maximum atomic E-state index is 14.3. The van der Waals surface area contributed by atoms with Crippen LogP contribution in [0.5, 0.6) is 0 Å². The Morgan fingerprint density at radius 1 is 0.672 bits per heavy atom. The molecule has 6 aromatic rings. The van der Waals surface area contributed by atoms with E-state index in [1.54, 1.807) is 42.6 Å². The number of rotatable bonds is 15. The van der Waals surface area contributed by atoms with Gasteiger partial charge >= 0.3 is 11.9 Å². The van der Waals surface area contributed by atoms with E-state index >= 15 is 0 Å². The first-order chi connectivity index (χ1) is 29.8. The van der Waals surface area contributed by atoms with E-state index in [1.165, 1.54) is 18.2 Å². The van der Waals surface area contributed by atoms with E-state index in [-0.39, 0.29) is 53.6 Å². The molecule has 3 saturated heterocycles. The van der Waals surface area contributed by atoms with Crippen LogP contribution in [0, 0.1) is 11.8 Å². The minimum atomic E-state index is -0.919. The molecule has 2 atom stereocenters. The molecule has 12 heteroatoms. The molecule has 4 heterocycles. The van der Waals surface area contributed by atoms with Crippen molar-refractivity contribution in [2.24, 2.45) is 11.8 Å². The highest BCUT2D eigenvalue weighted by atomic mass is 16.5. The number of carbonyl (C=O) groups excluding carboxylic acids is 5. The fourth-order valence-electron chi connectivity index (χ4n) is 8.23. The molecule has 310 valence electrons. The molecule has 3 aliphatic rings. The lowest BCUT2D eigenvalue weighted by molar-refractivity contribution is -0.117. The second-order valence-electron chi connectivity index (χ2n) is 15.7. The number of carbonyl (C=O) groups is 5. The van der Waals surface area contributed by atoms with Crippen molar-refractivity contribution in [1.29, 1.82) is 0 Å². The molecule has 1 aromatic heterocycles. The Balaban J connectivity index is 1.01. The topological polar surface area (TPSA) is 159 Å². The van der Waals surface area contributed by atoms with Crippen LogP contribution in [-0.2, 0) is 27.5 Å². The van der Waals surface area contributed by atoms with Gasteiger partial charge in [-0.05, 0) is 90.9 Å². The Hall–Kier alpha value is -7.05. The molecule has 4 N–H and O–H groups in total. The summed E-state index contributed by atoms with van der Waals surface area (Å²) in [5.41, 5.74) is 3.52. The van der Waals surface area contributed by atoms with Crippen LogP contribution in [0.3, 0.4) is 0 Å². The second-order valence-corrected chi connectivity index (χ2v) is 15.7. The predicted molar refractivity (Wildman–Crippen MR) is 231 cm³/mol. The molecule has 0 radical (unpaired) electrons. The van der Waals surface area contributed by atoms with Crippen molar-refractivity contribution in [1.82, 2.24) is 20.5 Å². The highest BCUT2D eigenvalue weighted by molar-refractivity contribution is 6.10. The largest absolute Gasteiger partial charge is 0.457 e. The highest BCUT2D eigenvalue weighted by Gasteiger charge is 2.34. The third kappa shape index (κ3) is 10.0. The van der Waals surface area contributed by atoms with Crippen molar-refractivity contribution in [3.63, 3.8) is 0 Å². The van der Waals surface area contributed by atoms with Gasteiger partial charge in [0.2, 0.25) is 5.91 Å². The van der Waals surface area contributed by atoms with Crippen LogP contribution in [-0.4, -0.2) is 72.3 Å². The second kappa shape index (κ2) is 18.9. The van der Waals surface area contributed by atoms with Crippen molar-refractivity contribution < 1.29 is 33.4 Å². The molecule has 0 aliphatic carbocycles. The number of ether oxygens (including phenoxy) is 2. The van der Waals surface area contributed by atoms with Crippen LogP contribution in [0.15, 0.2) is 134 Å². The molecule has 3 amide bonds. The van der Waals surface area contributed by atoms with Crippen molar-refractivity contribution in [2.45, 2.75) is 32.0 Å². The van der Waals surface area contributed by atoms with Gasteiger partial charge < -0.3 is 35.3 Å². The average Bonchev–Trinajstić information content (AvgIpc) is 3.78.